The molecular weight excluding hydrogens is 296 g/mol. The Bertz CT molecular complexity index is 794. The van der Waals surface area contributed by atoms with Crippen molar-refractivity contribution in [3.63, 3.8) is 0 Å². The number of para-hydroxylation sites is 1. The van der Waals surface area contributed by atoms with Crippen molar-refractivity contribution in [3.05, 3.63) is 47.7 Å². The van der Waals surface area contributed by atoms with Crippen LogP contribution in [0.3, 0.4) is 0 Å². The van der Waals surface area contributed by atoms with Crippen LogP contribution in [0.1, 0.15) is 0 Å². The number of nitrogens with zero attached hydrogens (tertiary/aromatic N) is 2. The zero-order chi connectivity index (χ0) is 14.8. The summed E-state index contributed by atoms with van der Waals surface area (Å²) >= 11 is 5.79. The normalized spacial score (nSPS) is 11.8. The number of benzene rings is 1. The Kier molecular flexibility index (Phi) is 3.66. The van der Waals surface area contributed by atoms with Gasteiger partial charge in [-0.2, -0.15) is 0 Å². The molecule has 0 aliphatic carbocycles. The van der Waals surface area contributed by atoms with Gasteiger partial charge in [0.1, 0.15) is 11.0 Å². The predicted octanol–water partition coefficient (Wildman–Crippen LogP) is 4.85. The van der Waals surface area contributed by atoms with E-state index >= 15 is 0 Å². The Hall–Kier alpha value is -2.27. The number of fused-ring (bicyclic) bond motifs is 1. The van der Waals surface area contributed by atoms with Crippen LogP contribution in [0, 0.1) is 0 Å². The van der Waals surface area contributed by atoms with Crippen molar-refractivity contribution in [2.24, 2.45) is 4.99 Å². The zero-order valence-corrected chi connectivity index (χ0v) is 11.5. The van der Waals surface area contributed by atoms with E-state index in [0.29, 0.717) is 17.2 Å². The maximum absolute atomic E-state index is 12.4. The molecule has 2 heterocycles. The number of H-pyrrole nitrogens is 1. The molecule has 106 valence electrons. The van der Waals surface area contributed by atoms with Gasteiger partial charge in [0.05, 0.1) is 6.21 Å². The molecule has 3 nitrogen and oxygen atoms in total. The first kappa shape index (κ1) is 13.7. The molecule has 0 aliphatic heterocycles. The summed E-state index contributed by atoms with van der Waals surface area (Å²) in [7, 11) is 0. The van der Waals surface area contributed by atoms with Crippen LogP contribution in [-0.2, 0) is 0 Å². The van der Waals surface area contributed by atoms with E-state index in [1.165, 1.54) is 0 Å². The number of nitrogens with one attached hydrogen (secondary N) is 1. The molecule has 1 aromatic carbocycles. The molecule has 3 rings (SSSR count). The van der Waals surface area contributed by atoms with E-state index in [4.69, 9.17) is 11.6 Å². The lowest BCUT2D eigenvalue weighted by Gasteiger charge is -2.01. The number of aliphatic imine (C=N–C) groups is 1. The first-order valence-corrected chi connectivity index (χ1v) is 6.58. The third kappa shape index (κ3) is 2.78. The maximum Gasteiger partial charge on any atom is 0.273 e. The molecule has 0 amide bonds. The average molecular weight is 306 g/mol. The number of aromatic nitrogens is 2. The minimum Gasteiger partial charge on any atom is -0.339 e. The molecule has 6 heteroatoms. The topological polar surface area (TPSA) is 41.0 Å². The lowest BCUT2D eigenvalue weighted by Crippen LogP contribution is -1.89. The highest BCUT2D eigenvalue weighted by molar-refractivity contribution is 6.29. The van der Waals surface area contributed by atoms with E-state index in [-0.39, 0.29) is 0 Å². The highest BCUT2D eigenvalue weighted by Gasteiger charge is 2.13. The lowest BCUT2D eigenvalue weighted by molar-refractivity contribution is 0.231. The molecular formula is C15H10ClF2N3. The molecule has 1 N–H and O–H groups in total. The Morgan fingerprint density at radius 2 is 2.00 bits per heavy atom. The molecule has 0 spiro atoms. The molecule has 0 fully saturated rings. The Morgan fingerprint density at radius 1 is 1.19 bits per heavy atom. The highest BCUT2D eigenvalue weighted by Crippen LogP contribution is 2.37. The molecule has 3 aromatic rings. The molecule has 0 saturated carbocycles. The highest BCUT2D eigenvalue weighted by atomic mass is 35.5. The third-order valence-electron chi connectivity index (χ3n) is 3.02. The van der Waals surface area contributed by atoms with E-state index < -0.39 is 6.43 Å². The monoisotopic (exact) mass is 305 g/mol. The molecule has 0 radical (unpaired) electrons. The lowest BCUT2D eigenvalue weighted by atomic mass is 10.1. The standard InChI is InChI=1S/C15H10ClF2N3/c16-12-6-5-9(7-19-12)14-10-3-1-2-4-11(10)21-15(14)20-8-13(17)18/h1-8,13,21H. The van der Waals surface area contributed by atoms with Gasteiger partial charge in [-0.3, -0.25) is 0 Å². The van der Waals surface area contributed by atoms with Gasteiger partial charge in [0.15, 0.2) is 0 Å². The van der Waals surface area contributed by atoms with Crippen molar-refractivity contribution in [3.8, 4) is 11.1 Å². The van der Waals surface area contributed by atoms with Crippen LogP contribution in [0.25, 0.3) is 22.0 Å². The Balaban J connectivity index is 2.22. The molecule has 0 atom stereocenters. The van der Waals surface area contributed by atoms with E-state index in [9.17, 15) is 8.78 Å². The van der Waals surface area contributed by atoms with Gasteiger partial charge in [0, 0.05) is 28.2 Å². The van der Waals surface area contributed by atoms with E-state index in [0.717, 1.165) is 22.0 Å². The number of rotatable bonds is 3. The van der Waals surface area contributed by atoms with Gasteiger partial charge < -0.3 is 4.98 Å². The van der Waals surface area contributed by atoms with Gasteiger partial charge in [-0.15, -0.1) is 0 Å². The minimum atomic E-state index is -2.60. The summed E-state index contributed by atoms with van der Waals surface area (Å²) in [6.45, 7) is 0. The zero-order valence-electron chi connectivity index (χ0n) is 10.7. The van der Waals surface area contributed by atoms with Gasteiger partial charge in [0.2, 0.25) is 0 Å². The Morgan fingerprint density at radius 3 is 2.71 bits per heavy atom. The van der Waals surface area contributed by atoms with Crippen molar-refractivity contribution in [1.29, 1.82) is 0 Å². The molecule has 0 bridgehead atoms. The van der Waals surface area contributed by atoms with Crippen molar-refractivity contribution < 1.29 is 8.78 Å². The largest absolute Gasteiger partial charge is 0.339 e. The predicted molar refractivity (Wildman–Crippen MR) is 80.7 cm³/mol. The van der Waals surface area contributed by atoms with Crippen molar-refractivity contribution in [2.45, 2.75) is 6.43 Å². The molecule has 0 unspecified atom stereocenters. The molecule has 21 heavy (non-hydrogen) atoms. The Labute approximate surface area is 124 Å². The number of hydrogen-bond donors (Lipinski definition) is 1. The summed E-state index contributed by atoms with van der Waals surface area (Å²) in [5, 5.41) is 1.26. The van der Waals surface area contributed by atoms with E-state index in [1.807, 2.05) is 24.3 Å². The summed E-state index contributed by atoms with van der Waals surface area (Å²) in [6.07, 6.45) is -0.399. The fourth-order valence-corrected chi connectivity index (χ4v) is 2.28. The third-order valence-corrected chi connectivity index (χ3v) is 3.24. The number of hydrogen-bond acceptors (Lipinski definition) is 2. The maximum atomic E-state index is 12.4. The van der Waals surface area contributed by atoms with Crippen molar-refractivity contribution >= 4 is 34.5 Å². The number of pyridine rings is 1. The fraction of sp³-hybridized carbons (Fsp3) is 0.0667. The van der Waals surface area contributed by atoms with Crippen LogP contribution < -0.4 is 0 Å². The van der Waals surface area contributed by atoms with E-state index in [1.54, 1.807) is 18.3 Å². The van der Waals surface area contributed by atoms with E-state index in [2.05, 4.69) is 15.0 Å². The molecule has 2 aromatic heterocycles. The van der Waals surface area contributed by atoms with Crippen LogP contribution in [0.2, 0.25) is 5.15 Å². The summed E-state index contributed by atoms with van der Waals surface area (Å²) in [5.74, 6) is 0.376. The summed E-state index contributed by atoms with van der Waals surface area (Å²) in [4.78, 5) is 10.9. The van der Waals surface area contributed by atoms with Crippen LogP contribution in [0.5, 0.6) is 0 Å². The second-order valence-electron chi connectivity index (χ2n) is 4.38. The minimum absolute atomic E-state index is 0.372. The van der Waals surface area contributed by atoms with Crippen molar-refractivity contribution in [2.75, 3.05) is 0 Å². The van der Waals surface area contributed by atoms with Crippen LogP contribution in [0.15, 0.2) is 47.6 Å². The second-order valence-corrected chi connectivity index (χ2v) is 4.76. The summed E-state index contributed by atoms with van der Waals surface area (Å²) in [6, 6.07) is 10.9. The number of alkyl halides is 2. The smallest absolute Gasteiger partial charge is 0.273 e. The van der Waals surface area contributed by atoms with Crippen LogP contribution in [-0.4, -0.2) is 22.6 Å². The van der Waals surface area contributed by atoms with Crippen LogP contribution >= 0.6 is 11.6 Å². The quantitative estimate of drug-likeness (QED) is 0.545. The number of aromatic amines is 1. The fourth-order valence-electron chi connectivity index (χ4n) is 2.17. The number of halogens is 3. The first-order valence-electron chi connectivity index (χ1n) is 6.20. The van der Waals surface area contributed by atoms with Gasteiger partial charge in [-0.25, -0.2) is 18.8 Å². The first-order chi connectivity index (χ1) is 10.1. The summed E-state index contributed by atoms with van der Waals surface area (Å²) in [5.41, 5.74) is 2.31. The van der Waals surface area contributed by atoms with Gasteiger partial charge in [-0.1, -0.05) is 29.8 Å². The van der Waals surface area contributed by atoms with Gasteiger partial charge >= 0.3 is 0 Å². The molecule has 0 saturated heterocycles. The second kappa shape index (κ2) is 5.61. The van der Waals surface area contributed by atoms with Gasteiger partial charge in [-0.05, 0) is 18.2 Å². The molecule has 0 aliphatic rings. The SMILES string of the molecule is FC(F)C=Nc1[nH]c2ccccc2c1-c1ccc(Cl)nc1. The summed E-state index contributed by atoms with van der Waals surface area (Å²) < 4.78 is 24.7. The van der Waals surface area contributed by atoms with Crippen molar-refractivity contribution in [1.82, 2.24) is 9.97 Å². The van der Waals surface area contributed by atoms with Gasteiger partial charge in [0.25, 0.3) is 6.43 Å². The van der Waals surface area contributed by atoms with Crippen LogP contribution in [0.4, 0.5) is 14.6 Å². The average Bonchev–Trinajstić information content (AvgIpc) is 2.84.